The molecule has 3 aromatic carbocycles. The van der Waals surface area contributed by atoms with Crippen LogP contribution in [-0.4, -0.2) is 23.6 Å². The number of amides is 4. The smallest absolute Gasteiger partial charge is 0.238 e. The Morgan fingerprint density at radius 2 is 1.12 bits per heavy atom. The van der Waals surface area contributed by atoms with Gasteiger partial charge in [-0.2, -0.15) is 0 Å². The zero-order valence-corrected chi connectivity index (χ0v) is 23.4. The van der Waals surface area contributed by atoms with Gasteiger partial charge in [0.05, 0.1) is 35.0 Å². The molecule has 2 bridgehead atoms. The molecule has 6 heteroatoms. The predicted molar refractivity (Wildman–Crippen MR) is 159 cm³/mol. The third kappa shape index (κ3) is 3.32. The van der Waals surface area contributed by atoms with Gasteiger partial charge < -0.3 is 0 Å². The summed E-state index contributed by atoms with van der Waals surface area (Å²) >= 11 is 0. The van der Waals surface area contributed by atoms with Crippen LogP contribution >= 0.6 is 0 Å². The first-order valence-corrected chi connectivity index (χ1v) is 14.7. The van der Waals surface area contributed by atoms with E-state index in [-0.39, 0.29) is 41.4 Å². The summed E-state index contributed by atoms with van der Waals surface area (Å²) in [6, 6.07) is 25.0. The minimum absolute atomic E-state index is 0.177. The second-order valence-corrected chi connectivity index (χ2v) is 12.4. The summed E-state index contributed by atoms with van der Waals surface area (Å²) in [5, 5.41) is 0. The minimum Gasteiger partial charge on any atom is -0.274 e. The van der Waals surface area contributed by atoms with Gasteiger partial charge >= 0.3 is 0 Å². The molecule has 1 saturated carbocycles. The fourth-order valence-electron chi connectivity index (χ4n) is 8.41. The first-order valence-electron chi connectivity index (χ1n) is 14.7. The zero-order chi connectivity index (χ0) is 28.9. The summed E-state index contributed by atoms with van der Waals surface area (Å²) < 4.78 is 0. The van der Waals surface area contributed by atoms with Crippen LogP contribution in [0.3, 0.4) is 0 Å². The summed E-state index contributed by atoms with van der Waals surface area (Å²) in [7, 11) is 0. The number of imide groups is 2. The molecule has 4 aliphatic carbocycles. The molecule has 2 aliphatic heterocycles. The number of nitrogens with zero attached hydrogens (tertiary/aromatic N) is 2. The van der Waals surface area contributed by atoms with Crippen LogP contribution in [0.25, 0.3) is 5.57 Å². The second kappa shape index (κ2) is 8.96. The lowest BCUT2D eigenvalue weighted by atomic mass is 9.49. The molecule has 0 unspecified atom stereocenters. The number of allylic oxidation sites excluding steroid dienone is 4. The van der Waals surface area contributed by atoms with Crippen molar-refractivity contribution in [1.29, 1.82) is 0 Å². The number of carbonyl (C=O) groups is 4. The molecule has 3 aromatic rings. The van der Waals surface area contributed by atoms with Gasteiger partial charge in [0.1, 0.15) is 0 Å². The Labute approximate surface area is 244 Å². The highest BCUT2D eigenvalue weighted by Gasteiger charge is 2.67. The number of rotatable bonds is 3. The molecular formula is C36H30N2O4. The van der Waals surface area contributed by atoms with E-state index < -0.39 is 23.7 Å². The normalized spacial score (nSPS) is 31.1. The van der Waals surface area contributed by atoms with E-state index in [1.807, 2.05) is 92.7 Å². The highest BCUT2D eigenvalue weighted by Crippen LogP contribution is 2.63. The van der Waals surface area contributed by atoms with Gasteiger partial charge in [0.15, 0.2) is 0 Å². The van der Waals surface area contributed by atoms with E-state index in [0.29, 0.717) is 17.8 Å². The maximum absolute atomic E-state index is 14.3. The van der Waals surface area contributed by atoms with Crippen molar-refractivity contribution in [3.05, 3.63) is 113 Å². The van der Waals surface area contributed by atoms with Crippen LogP contribution in [0.2, 0.25) is 0 Å². The van der Waals surface area contributed by atoms with E-state index in [1.165, 1.54) is 9.80 Å². The van der Waals surface area contributed by atoms with Gasteiger partial charge in [0.2, 0.25) is 23.6 Å². The van der Waals surface area contributed by atoms with Crippen molar-refractivity contribution in [3.63, 3.8) is 0 Å². The Bertz CT molecular complexity index is 1740. The highest BCUT2D eigenvalue weighted by molar-refractivity contribution is 6.24. The first kappa shape index (κ1) is 25.2. The molecule has 0 N–H and O–H groups in total. The van der Waals surface area contributed by atoms with E-state index in [4.69, 9.17) is 0 Å². The van der Waals surface area contributed by atoms with E-state index in [1.54, 1.807) is 0 Å². The van der Waals surface area contributed by atoms with Crippen LogP contribution in [0, 0.1) is 55.3 Å². The topological polar surface area (TPSA) is 74.8 Å². The molecule has 0 aromatic heterocycles. The second-order valence-electron chi connectivity index (χ2n) is 12.4. The number of hydrogen-bond donors (Lipinski definition) is 0. The third-order valence-electron chi connectivity index (χ3n) is 10.2. The van der Waals surface area contributed by atoms with Gasteiger partial charge in [-0.15, -0.1) is 0 Å². The molecule has 2 saturated heterocycles. The molecule has 0 spiro atoms. The number of fused-ring (bicyclic) bond motifs is 1. The molecular weight excluding hydrogens is 524 g/mol. The maximum atomic E-state index is 14.3. The van der Waals surface area contributed by atoms with Gasteiger partial charge in [-0.05, 0) is 61.6 Å². The molecule has 42 heavy (non-hydrogen) atoms. The van der Waals surface area contributed by atoms with Gasteiger partial charge in [0, 0.05) is 11.8 Å². The lowest BCUT2D eigenvalue weighted by Gasteiger charge is -2.51. The summed E-state index contributed by atoms with van der Waals surface area (Å²) in [4.78, 5) is 59.2. The third-order valence-corrected chi connectivity index (χ3v) is 10.2. The largest absolute Gasteiger partial charge is 0.274 e. The van der Waals surface area contributed by atoms with Crippen molar-refractivity contribution in [2.24, 2.45) is 41.4 Å². The van der Waals surface area contributed by atoms with Gasteiger partial charge in [-0.1, -0.05) is 83.4 Å². The Morgan fingerprint density at radius 3 is 1.74 bits per heavy atom. The van der Waals surface area contributed by atoms with E-state index in [2.05, 4.69) is 12.2 Å². The molecule has 2 heterocycles. The fraction of sp³-hybridized carbons (Fsp3) is 0.278. The molecule has 4 amide bonds. The summed E-state index contributed by atoms with van der Waals surface area (Å²) in [6.07, 6.45) is 4.58. The van der Waals surface area contributed by atoms with Crippen molar-refractivity contribution in [1.82, 2.24) is 0 Å². The van der Waals surface area contributed by atoms with Crippen LogP contribution in [0.15, 0.2) is 96.6 Å². The number of benzene rings is 3. The number of hydrogen-bond acceptors (Lipinski definition) is 4. The number of anilines is 2. The molecule has 0 radical (unpaired) electrons. The molecule has 6 nitrogen and oxygen atoms in total. The van der Waals surface area contributed by atoms with Crippen LogP contribution in [0.1, 0.15) is 23.1 Å². The zero-order valence-electron chi connectivity index (χ0n) is 23.4. The Hall–Kier alpha value is -4.58. The van der Waals surface area contributed by atoms with E-state index in [9.17, 15) is 19.2 Å². The van der Waals surface area contributed by atoms with Crippen molar-refractivity contribution >= 4 is 40.6 Å². The Kier molecular flexibility index (Phi) is 5.37. The maximum Gasteiger partial charge on any atom is 0.238 e. The Morgan fingerprint density at radius 1 is 0.571 bits per heavy atom. The van der Waals surface area contributed by atoms with Crippen molar-refractivity contribution in [2.45, 2.75) is 20.3 Å². The van der Waals surface area contributed by atoms with E-state index >= 15 is 0 Å². The first-order chi connectivity index (χ1) is 20.3. The van der Waals surface area contributed by atoms with E-state index in [0.717, 1.165) is 27.8 Å². The summed E-state index contributed by atoms with van der Waals surface area (Å²) in [6.45, 7) is 3.95. The van der Waals surface area contributed by atoms with Crippen LogP contribution in [-0.2, 0) is 19.2 Å². The minimum atomic E-state index is -0.573. The standard InChI is InChI=1S/C36H30N2O4/c1-19-8-12-22(13-9-19)37-33(39)27-18-26(21-6-4-3-5-7-21)28-24-16-17-25(29(28)32(27)36(37)42)31-30(24)34(40)38(35(31)41)23-14-10-20(2)11-15-23/h3-17,24-25,27,29-32H,18H2,1-2H3/t24-,25-,27-,29-,30-,31+,32+/m1/s1. The monoisotopic (exact) mass is 554 g/mol. The Balaban J connectivity index is 1.28. The highest BCUT2D eigenvalue weighted by atomic mass is 16.2. The van der Waals surface area contributed by atoms with Crippen molar-refractivity contribution < 1.29 is 19.2 Å². The van der Waals surface area contributed by atoms with Crippen LogP contribution in [0.5, 0.6) is 0 Å². The molecule has 3 fully saturated rings. The molecule has 208 valence electrons. The van der Waals surface area contributed by atoms with Crippen LogP contribution in [0.4, 0.5) is 11.4 Å². The van der Waals surface area contributed by atoms with Gasteiger partial charge in [0.25, 0.3) is 0 Å². The summed E-state index contributed by atoms with van der Waals surface area (Å²) in [5.41, 5.74) is 6.38. The van der Waals surface area contributed by atoms with Gasteiger partial charge in [-0.25, -0.2) is 0 Å². The predicted octanol–water partition coefficient (Wildman–Crippen LogP) is 5.50. The van der Waals surface area contributed by atoms with Crippen molar-refractivity contribution in [2.75, 3.05) is 9.80 Å². The average Bonchev–Trinajstić information content (AvgIpc) is 3.43. The fourth-order valence-corrected chi connectivity index (χ4v) is 8.41. The molecule has 7 atom stereocenters. The lowest BCUT2D eigenvalue weighted by Crippen LogP contribution is -2.51. The van der Waals surface area contributed by atoms with Gasteiger partial charge in [-0.3, -0.25) is 29.0 Å². The average molecular weight is 555 g/mol. The van der Waals surface area contributed by atoms with Crippen LogP contribution < -0.4 is 9.80 Å². The summed E-state index contributed by atoms with van der Waals surface area (Å²) in [5.74, 6) is -3.90. The van der Waals surface area contributed by atoms with Crippen molar-refractivity contribution in [3.8, 4) is 0 Å². The quantitative estimate of drug-likeness (QED) is 0.316. The lowest BCUT2D eigenvalue weighted by molar-refractivity contribution is -0.129. The SMILES string of the molecule is Cc1ccc(N2C(=O)[C@H]3[C@@H]4C=C[C@H](C5=C(c6ccccc6)C[C@H]6C(=O)N(c7ccc(C)cc7)C(=O)[C@@H]6[C@@H]54)[C@H]3C2=O)cc1. The number of aryl methyl sites for hydroxylation is 2. The molecule has 6 aliphatic rings. The number of carbonyl (C=O) groups excluding carboxylic acids is 4. The molecule has 9 rings (SSSR count).